The number of halogens is 2. The van der Waals surface area contributed by atoms with E-state index in [2.05, 4.69) is 19.3 Å². The maximum atomic E-state index is 13.7. The number of nitrogens with one attached hydrogen (secondary N) is 1. The van der Waals surface area contributed by atoms with Crippen molar-refractivity contribution in [1.82, 2.24) is 14.5 Å². The summed E-state index contributed by atoms with van der Waals surface area (Å²) in [5.41, 5.74) is 9.38. The molecule has 7 nitrogen and oxygen atoms in total. The van der Waals surface area contributed by atoms with Gasteiger partial charge in [-0.1, -0.05) is 13.3 Å². The number of nitrogens with zero attached hydrogens (tertiary/aromatic N) is 3. The highest BCUT2D eigenvalue weighted by Gasteiger charge is 2.17. The Morgan fingerprint density at radius 1 is 1.13 bits per heavy atom. The maximum Gasteiger partial charge on any atom is 0.232 e. The molecule has 0 aliphatic rings. The number of aryl methyl sites for hydroxylation is 4. The smallest absolute Gasteiger partial charge is 0.232 e. The first-order chi connectivity index (χ1) is 14.6. The lowest BCUT2D eigenvalue weighted by Gasteiger charge is -2.12. The molecule has 0 bridgehead atoms. The van der Waals surface area contributed by atoms with Crippen molar-refractivity contribution in [3.05, 3.63) is 46.9 Å². The number of aromatic nitrogens is 3. The first kappa shape index (κ1) is 22.9. The Kier molecular flexibility index (Phi) is 6.78. The maximum absolute atomic E-state index is 13.7. The van der Waals surface area contributed by atoms with E-state index in [9.17, 15) is 17.2 Å². The predicted molar refractivity (Wildman–Crippen MR) is 118 cm³/mol. The second kappa shape index (κ2) is 9.17. The second-order valence-corrected chi connectivity index (χ2v) is 9.39. The van der Waals surface area contributed by atoms with Crippen LogP contribution < -0.4 is 10.5 Å². The Morgan fingerprint density at radius 2 is 1.87 bits per heavy atom. The van der Waals surface area contributed by atoms with Gasteiger partial charge in [-0.05, 0) is 44.4 Å². The molecule has 3 aromatic rings. The number of benzene rings is 1. The van der Waals surface area contributed by atoms with Gasteiger partial charge in [0, 0.05) is 24.7 Å². The quantitative estimate of drug-likeness (QED) is 0.477. The number of rotatable bonds is 9. The van der Waals surface area contributed by atoms with E-state index in [0.717, 1.165) is 47.6 Å². The number of anilines is 2. The van der Waals surface area contributed by atoms with Gasteiger partial charge in [-0.3, -0.25) is 4.72 Å². The Labute approximate surface area is 180 Å². The zero-order chi connectivity index (χ0) is 22.8. The van der Waals surface area contributed by atoms with Gasteiger partial charge >= 0.3 is 0 Å². The first-order valence-electron chi connectivity index (χ1n) is 10.2. The van der Waals surface area contributed by atoms with Crippen molar-refractivity contribution < 1.29 is 17.2 Å². The van der Waals surface area contributed by atoms with Crippen LogP contribution in [0.4, 0.5) is 20.3 Å². The van der Waals surface area contributed by atoms with Gasteiger partial charge in [-0.2, -0.15) is 0 Å². The molecule has 0 saturated heterocycles. The highest BCUT2D eigenvalue weighted by molar-refractivity contribution is 7.92. The number of unbranched alkanes of at least 4 members (excludes halogenated alkanes) is 2. The number of imidazole rings is 1. The molecule has 0 aliphatic carbocycles. The summed E-state index contributed by atoms with van der Waals surface area (Å²) in [6, 6.07) is 2.72. The molecule has 1 aromatic carbocycles. The van der Waals surface area contributed by atoms with E-state index < -0.39 is 21.7 Å². The van der Waals surface area contributed by atoms with Gasteiger partial charge in [-0.25, -0.2) is 27.2 Å². The number of hydrogen-bond donors (Lipinski definition) is 2. The summed E-state index contributed by atoms with van der Waals surface area (Å²) in [7, 11) is -3.73. The van der Waals surface area contributed by atoms with E-state index in [1.807, 2.05) is 20.8 Å². The Balaban J connectivity index is 1.61. The monoisotopic (exact) mass is 451 g/mol. The van der Waals surface area contributed by atoms with Crippen molar-refractivity contribution in [2.24, 2.45) is 0 Å². The molecule has 3 N–H and O–H groups in total. The third-order valence-electron chi connectivity index (χ3n) is 5.28. The molecule has 10 heteroatoms. The Bertz CT molecular complexity index is 1210. The van der Waals surface area contributed by atoms with Crippen LogP contribution in [-0.2, 0) is 23.0 Å². The summed E-state index contributed by atoms with van der Waals surface area (Å²) < 4.78 is 55.4. The fraction of sp³-hybridized carbons (Fsp3) is 0.429. The first-order valence-corrected chi connectivity index (χ1v) is 11.9. The summed E-state index contributed by atoms with van der Waals surface area (Å²) in [4.78, 5) is 8.99. The van der Waals surface area contributed by atoms with Crippen LogP contribution in [-0.4, -0.2) is 28.7 Å². The molecule has 168 valence electrons. The summed E-state index contributed by atoms with van der Waals surface area (Å²) in [6.07, 6.45) is 2.57. The number of pyridine rings is 1. The molecule has 0 saturated carbocycles. The largest absolute Gasteiger partial charge is 0.382 e. The minimum atomic E-state index is -3.73. The SMILES string of the molecule is CCc1nc2c(N)nc(C)c(C)c2n1CCCCCS(=O)(=O)Nc1ccc(F)cc1F. The summed E-state index contributed by atoms with van der Waals surface area (Å²) in [6.45, 7) is 6.62. The van der Waals surface area contributed by atoms with Crippen molar-refractivity contribution in [2.45, 2.75) is 53.0 Å². The zero-order valence-corrected chi connectivity index (χ0v) is 18.7. The molecule has 31 heavy (non-hydrogen) atoms. The molecule has 0 radical (unpaired) electrons. The van der Waals surface area contributed by atoms with Gasteiger partial charge in [0.25, 0.3) is 0 Å². The molecule has 0 atom stereocenters. The van der Waals surface area contributed by atoms with Crippen LogP contribution >= 0.6 is 0 Å². The van der Waals surface area contributed by atoms with Gasteiger partial charge in [-0.15, -0.1) is 0 Å². The summed E-state index contributed by atoms with van der Waals surface area (Å²) in [5, 5.41) is 0. The van der Waals surface area contributed by atoms with Crippen LogP contribution in [0.2, 0.25) is 0 Å². The van der Waals surface area contributed by atoms with Gasteiger partial charge in [0.2, 0.25) is 10.0 Å². The lowest BCUT2D eigenvalue weighted by Crippen LogP contribution is -2.17. The van der Waals surface area contributed by atoms with Gasteiger partial charge in [0.1, 0.15) is 23.0 Å². The van der Waals surface area contributed by atoms with E-state index in [1.165, 1.54) is 0 Å². The van der Waals surface area contributed by atoms with Crippen molar-refractivity contribution in [1.29, 1.82) is 0 Å². The normalized spacial score (nSPS) is 11.9. The average molecular weight is 452 g/mol. The van der Waals surface area contributed by atoms with Crippen LogP contribution in [0.25, 0.3) is 11.0 Å². The number of sulfonamides is 1. The molecule has 0 spiro atoms. The fourth-order valence-corrected chi connectivity index (χ4v) is 4.77. The number of hydrogen-bond acceptors (Lipinski definition) is 5. The van der Waals surface area contributed by atoms with Gasteiger partial charge in [0.15, 0.2) is 5.82 Å². The molecular weight excluding hydrogens is 424 g/mol. The molecule has 2 heterocycles. The van der Waals surface area contributed by atoms with Crippen molar-refractivity contribution in [3.8, 4) is 0 Å². The molecule has 0 fully saturated rings. The van der Waals surface area contributed by atoms with Crippen LogP contribution in [0.3, 0.4) is 0 Å². The van der Waals surface area contributed by atoms with Gasteiger partial charge in [0.05, 0.1) is 17.0 Å². The average Bonchev–Trinajstić information content (AvgIpc) is 3.07. The molecule has 3 rings (SSSR count). The minimum absolute atomic E-state index is 0.149. The van der Waals surface area contributed by atoms with Gasteiger partial charge < -0.3 is 10.3 Å². The number of fused-ring (bicyclic) bond motifs is 1. The van der Waals surface area contributed by atoms with Crippen LogP contribution in [0.15, 0.2) is 18.2 Å². The summed E-state index contributed by atoms with van der Waals surface area (Å²) in [5.74, 6) is -0.525. The third kappa shape index (κ3) is 5.12. The number of nitrogens with two attached hydrogens (primary N) is 1. The third-order valence-corrected chi connectivity index (χ3v) is 6.64. The van der Waals surface area contributed by atoms with Crippen LogP contribution in [0.5, 0.6) is 0 Å². The number of nitrogen functional groups attached to an aromatic ring is 1. The Hall–Kier alpha value is -2.75. The molecule has 0 amide bonds. The van der Waals surface area contributed by atoms with Crippen molar-refractivity contribution in [2.75, 3.05) is 16.2 Å². The molecule has 0 unspecified atom stereocenters. The van der Waals surface area contributed by atoms with Crippen molar-refractivity contribution >= 4 is 32.6 Å². The lowest BCUT2D eigenvalue weighted by molar-refractivity contribution is 0.574. The predicted octanol–water partition coefficient (Wildman–Crippen LogP) is 4.08. The van der Waals surface area contributed by atoms with Crippen molar-refractivity contribution in [3.63, 3.8) is 0 Å². The van der Waals surface area contributed by atoms with E-state index in [0.29, 0.717) is 36.8 Å². The molecule has 0 aliphatic heterocycles. The highest BCUT2D eigenvalue weighted by Crippen LogP contribution is 2.27. The standard InChI is InChI=1S/C21H27F2N5O2S/c1-4-18-26-19-20(13(2)14(3)25-21(19)24)28(18)10-6-5-7-11-31(29,30)27-17-9-8-15(22)12-16(17)23/h8-9,12,27H,4-7,10-11H2,1-3H3,(H2,24,25). The summed E-state index contributed by atoms with van der Waals surface area (Å²) >= 11 is 0. The second-order valence-electron chi connectivity index (χ2n) is 7.54. The zero-order valence-electron chi connectivity index (χ0n) is 17.9. The van der Waals surface area contributed by atoms with E-state index in [-0.39, 0.29) is 11.4 Å². The minimum Gasteiger partial charge on any atom is -0.382 e. The van der Waals surface area contributed by atoms with E-state index >= 15 is 0 Å². The van der Waals surface area contributed by atoms with Crippen LogP contribution in [0.1, 0.15) is 43.3 Å². The Morgan fingerprint density at radius 3 is 2.55 bits per heavy atom. The van der Waals surface area contributed by atoms with Crippen LogP contribution in [0, 0.1) is 25.5 Å². The highest BCUT2D eigenvalue weighted by atomic mass is 32.2. The molecular formula is C21H27F2N5O2S. The van der Waals surface area contributed by atoms with E-state index in [1.54, 1.807) is 0 Å². The lowest BCUT2D eigenvalue weighted by atomic mass is 10.2. The topological polar surface area (TPSA) is 103 Å². The molecule has 2 aromatic heterocycles. The van der Waals surface area contributed by atoms with E-state index in [4.69, 9.17) is 5.73 Å². The fourth-order valence-electron chi connectivity index (χ4n) is 3.59.